The third-order valence-electron chi connectivity index (χ3n) is 13.3. The molecule has 0 fully saturated rings. The largest absolute Gasteiger partial charge is 0.518 e. The normalized spacial score (nSPS) is 11.2. The number of carbonyl (C=O) groups is 1. The second-order valence-corrected chi connectivity index (χ2v) is 21.5. The third kappa shape index (κ3) is 10.4. The van der Waals surface area contributed by atoms with E-state index in [1.807, 2.05) is 18.2 Å². The van der Waals surface area contributed by atoms with Gasteiger partial charge in [-0.2, -0.15) is 0 Å². The molecule has 0 aliphatic carbocycles. The first-order chi connectivity index (χ1) is 34.1. The van der Waals surface area contributed by atoms with Crippen molar-refractivity contribution in [2.45, 2.75) is 31.0 Å². The highest BCUT2D eigenvalue weighted by Crippen LogP contribution is 2.43. The summed E-state index contributed by atoms with van der Waals surface area (Å²) >= 11 is 0. The molecule has 2 nitrogen and oxygen atoms in total. The first-order valence-electron chi connectivity index (χ1n) is 24.0. The lowest BCUT2D eigenvalue weighted by atomic mass is 9.92. The fourth-order valence-electron chi connectivity index (χ4n) is 10.1. The lowest BCUT2D eigenvalue weighted by Gasteiger charge is -2.36. The molecular weight excluding hydrogens is 853 g/mol. The van der Waals surface area contributed by atoms with Gasteiger partial charge in [0.2, 0.25) is 0 Å². The zero-order chi connectivity index (χ0) is 46.7. The Morgan fingerprint density at radius 2 is 0.522 bits per heavy atom. The van der Waals surface area contributed by atoms with Gasteiger partial charge in [-0.3, -0.25) is 4.79 Å². The molecule has 0 spiro atoms. The molecule has 0 N–H and O–H groups in total. The molecule has 0 bridgehead atoms. The van der Waals surface area contributed by atoms with E-state index in [1.165, 1.54) is 16.7 Å². The molecule has 0 saturated carbocycles. The lowest BCUT2D eigenvalue weighted by molar-refractivity contribution is -0.135. The van der Waals surface area contributed by atoms with Crippen molar-refractivity contribution in [3.05, 3.63) is 289 Å². The van der Waals surface area contributed by atoms with E-state index in [-0.39, 0.29) is 12.4 Å². The minimum Gasteiger partial charge on any atom is -0.518 e. The molecule has 334 valence electrons. The molecule has 0 aliphatic rings. The average molecular weight is 907 g/mol. The predicted molar refractivity (Wildman–Crippen MR) is 290 cm³/mol. The van der Waals surface area contributed by atoms with Crippen LogP contribution < -0.4 is 0 Å². The second-order valence-electron chi connectivity index (χ2n) is 17.9. The Balaban J connectivity index is 1.28. The first kappa shape index (κ1) is 44.7. The summed E-state index contributed by atoms with van der Waals surface area (Å²) < 4.78 is 7.72. The molecular formula is C66H54O2Si. The molecule has 69 heavy (non-hydrogen) atoms. The molecule has 0 amide bonds. The summed E-state index contributed by atoms with van der Waals surface area (Å²) in [6.07, 6.45) is 0.855. The van der Waals surface area contributed by atoms with Crippen LogP contribution in [0.4, 0.5) is 0 Å². The summed E-state index contributed by atoms with van der Waals surface area (Å²) in [5.41, 5.74) is 18.4. The van der Waals surface area contributed by atoms with Crippen LogP contribution in [0, 0.1) is 0 Å². The number of aryl methyl sites for hydroxylation is 1. The summed E-state index contributed by atoms with van der Waals surface area (Å²) in [4.78, 5) is 15.3. The Morgan fingerprint density at radius 1 is 0.290 bits per heavy atom. The quantitative estimate of drug-likeness (QED) is 0.0903. The minimum atomic E-state index is -3.55. The van der Waals surface area contributed by atoms with Gasteiger partial charge in [-0.1, -0.05) is 267 Å². The van der Waals surface area contributed by atoms with E-state index in [2.05, 4.69) is 249 Å². The van der Waals surface area contributed by atoms with Gasteiger partial charge >= 0.3 is 0 Å². The van der Waals surface area contributed by atoms with Crippen molar-refractivity contribution in [3.63, 3.8) is 0 Å². The van der Waals surface area contributed by atoms with Crippen molar-refractivity contribution in [2.24, 2.45) is 0 Å². The molecule has 3 heteroatoms. The molecule has 0 atom stereocenters. The number of benzene rings is 10. The average Bonchev–Trinajstić information content (AvgIpc) is 3.42. The minimum absolute atomic E-state index is 0.166. The molecule has 10 aromatic carbocycles. The molecule has 0 aliphatic heterocycles. The maximum atomic E-state index is 15.3. The van der Waals surface area contributed by atoms with Crippen LogP contribution in [0.1, 0.15) is 28.7 Å². The SMILES string of the molecule is O=C(CCc1ccccc1)O[Si](Cc1c(-c2ccccc2)cccc1-c1ccccc1)(Cc1c(-c2ccccc2)cccc1-c1ccccc1)Cc1c(-c2ccccc2)cccc1-c1ccccc1. The van der Waals surface area contributed by atoms with Gasteiger partial charge in [0.15, 0.2) is 0 Å². The van der Waals surface area contributed by atoms with Gasteiger partial charge in [-0.25, -0.2) is 0 Å². The van der Waals surface area contributed by atoms with Gasteiger partial charge in [-0.15, -0.1) is 0 Å². The maximum Gasteiger partial charge on any atom is 0.292 e. The van der Waals surface area contributed by atoms with Crippen LogP contribution in [0.15, 0.2) is 267 Å². The van der Waals surface area contributed by atoms with Gasteiger partial charge in [0.25, 0.3) is 14.3 Å². The van der Waals surface area contributed by atoms with Gasteiger partial charge < -0.3 is 4.43 Å². The number of rotatable bonds is 16. The zero-order valence-electron chi connectivity index (χ0n) is 38.8. The highest BCUT2D eigenvalue weighted by Gasteiger charge is 2.43. The summed E-state index contributed by atoms with van der Waals surface area (Å²) in [6, 6.07) is 96.5. The van der Waals surface area contributed by atoms with Crippen LogP contribution >= 0.6 is 0 Å². The maximum absolute atomic E-state index is 15.3. The van der Waals surface area contributed by atoms with Crippen molar-refractivity contribution in [1.82, 2.24) is 0 Å². The Morgan fingerprint density at radius 3 is 0.768 bits per heavy atom. The van der Waals surface area contributed by atoms with E-state index in [1.54, 1.807) is 0 Å². The number of hydrogen-bond donors (Lipinski definition) is 0. The second kappa shape index (κ2) is 21.2. The van der Waals surface area contributed by atoms with E-state index in [9.17, 15) is 0 Å². The summed E-state index contributed by atoms with van der Waals surface area (Å²) in [5.74, 6) is -0.166. The summed E-state index contributed by atoms with van der Waals surface area (Å²) in [5, 5.41) is 0. The van der Waals surface area contributed by atoms with Gasteiger partial charge in [0, 0.05) is 24.6 Å². The molecule has 0 saturated heterocycles. The van der Waals surface area contributed by atoms with Crippen LogP contribution in [-0.2, 0) is 33.8 Å². The Hall–Kier alpha value is -8.11. The van der Waals surface area contributed by atoms with Crippen LogP contribution in [-0.4, -0.2) is 14.3 Å². The summed E-state index contributed by atoms with van der Waals surface area (Å²) in [6.45, 7) is 0. The van der Waals surface area contributed by atoms with Crippen LogP contribution in [0.25, 0.3) is 66.8 Å². The van der Waals surface area contributed by atoms with Crippen LogP contribution in [0.5, 0.6) is 0 Å². The molecule has 0 heterocycles. The summed E-state index contributed by atoms with van der Waals surface area (Å²) in [7, 11) is -3.55. The molecule has 0 aromatic heterocycles. The van der Waals surface area contributed by atoms with Crippen LogP contribution in [0.2, 0.25) is 0 Å². The molecule has 0 radical (unpaired) electrons. The van der Waals surface area contributed by atoms with Crippen molar-refractivity contribution < 1.29 is 9.22 Å². The fraction of sp³-hybridized carbons (Fsp3) is 0.0758. The van der Waals surface area contributed by atoms with E-state index in [4.69, 9.17) is 4.43 Å². The van der Waals surface area contributed by atoms with Crippen molar-refractivity contribution in [3.8, 4) is 66.8 Å². The van der Waals surface area contributed by atoms with Gasteiger partial charge in [-0.05, 0) is 95.4 Å². The van der Waals surface area contributed by atoms with E-state index >= 15 is 4.79 Å². The smallest absolute Gasteiger partial charge is 0.292 e. The number of hydrogen-bond acceptors (Lipinski definition) is 2. The molecule has 10 rings (SSSR count). The highest BCUT2D eigenvalue weighted by atomic mass is 28.4. The highest BCUT2D eigenvalue weighted by molar-refractivity contribution is 6.74. The first-order valence-corrected chi connectivity index (χ1v) is 26.6. The fourth-order valence-corrected chi connectivity index (χ4v) is 14.4. The van der Waals surface area contributed by atoms with E-state index in [0.717, 1.165) is 72.3 Å². The number of carbonyl (C=O) groups excluding carboxylic acids is 1. The molecule has 0 unspecified atom stereocenters. The Kier molecular flexibility index (Phi) is 13.8. The monoisotopic (exact) mass is 906 g/mol. The van der Waals surface area contributed by atoms with Crippen molar-refractivity contribution in [1.29, 1.82) is 0 Å². The standard InChI is InChI=1S/C66H54O2Si/c67-66(46-45-50-25-8-1-9-26-50)68-69(47-63-57(51-27-10-2-11-28-51)39-22-40-58(63)52-29-12-3-13-30-52,48-64-59(53-31-14-4-15-32-53)41-23-42-60(64)54-33-16-5-17-34-54)49-65-61(55-35-18-6-19-36-55)43-24-44-62(65)56-37-20-7-21-38-56/h1-44H,45-49H2. The van der Waals surface area contributed by atoms with Crippen molar-refractivity contribution >= 4 is 14.3 Å². The third-order valence-corrected chi connectivity index (χ3v) is 17.0. The van der Waals surface area contributed by atoms with E-state index in [0.29, 0.717) is 24.6 Å². The zero-order valence-corrected chi connectivity index (χ0v) is 39.8. The molecule has 10 aromatic rings. The topological polar surface area (TPSA) is 26.3 Å². The Bertz CT molecular complexity index is 2770. The van der Waals surface area contributed by atoms with Crippen molar-refractivity contribution in [2.75, 3.05) is 0 Å². The van der Waals surface area contributed by atoms with Gasteiger partial charge in [0.1, 0.15) is 0 Å². The van der Waals surface area contributed by atoms with Crippen LogP contribution in [0.3, 0.4) is 0 Å². The van der Waals surface area contributed by atoms with Gasteiger partial charge in [0.05, 0.1) is 0 Å². The predicted octanol–water partition coefficient (Wildman–Crippen LogP) is 16.5. The van der Waals surface area contributed by atoms with E-state index < -0.39 is 8.32 Å². The lowest BCUT2D eigenvalue weighted by Crippen LogP contribution is -2.49. The Labute approximate surface area is 408 Å².